The number of morpholine rings is 1. The molecule has 2 amide bonds. The van der Waals surface area contributed by atoms with Crippen LogP contribution in [-0.2, 0) is 17.7 Å². The largest absolute Gasteiger partial charge is 0.395 e. The van der Waals surface area contributed by atoms with Crippen LogP contribution in [0.5, 0.6) is 0 Å². The number of nitrogens with one attached hydrogen (secondary N) is 1. The van der Waals surface area contributed by atoms with E-state index in [2.05, 4.69) is 27.4 Å². The van der Waals surface area contributed by atoms with Crippen molar-refractivity contribution in [2.75, 3.05) is 51.3 Å². The normalized spacial score (nSPS) is 19.3. The Morgan fingerprint density at radius 3 is 2.93 bits per heavy atom. The highest BCUT2D eigenvalue weighted by atomic mass is 16.5. The van der Waals surface area contributed by atoms with Crippen molar-refractivity contribution in [3.05, 3.63) is 47.8 Å². The average molecular weight is 414 g/mol. The van der Waals surface area contributed by atoms with Crippen LogP contribution in [-0.4, -0.2) is 76.7 Å². The number of carbonyl (C=O) groups is 1. The number of aliphatic hydroxyl groups excluding tert-OH is 1. The molecule has 4 rings (SSSR count). The van der Waals surface area contributed by atoms with Gasteiger partial charge in [-0.1, -0.05) is 24.3 Å². The Kier molecular flexibility index (Phi) is 6.99. The number of urea groups is 1. The number of anilines is 1. The van der Waals surface area contributed by atoms with E-state index in [4.69, 9.17) is 4.74 Å². The van der Waals surface area contributed by atoms with Crippen molar-refractivity contribution in [1.29, 1.82) is 0 Å². The summed E-state index contributed by atoms with van der Waals surface area (Å²) in [4.78, 5) is 17.2. The van der Waals surface area contributed by atoms with Crippen LogP contribution >= 0.6 is 0 Å². The highest BCUT2D eigenvalue weighted by Crippen LogP contribution is 2.34. The van der Waals surface area contributed by atoms with Gasteiger partial charge in [-0.2, -0.15) is 5.10 Å². The van der Waals surface area contributed by atoms with Gasteiger partial charge in [-0.3, -0.25) is 9.58 Å². The third-order valence-electron chi connectivity index (χ3n) is 5.95. The molecule has 1 fully saturated rings. The number of aryl methyl sites for hydroxylation is 1. The van der Waals surface area contributed by atoms with Crippen LogP contribution in [0.4, 0.5) is 10.5 Å². The molecule has 1 unspecified atom stereocenters. The molecule has 1 aliphatic heterocycles. The summed E-state index contributed by atoms with van der Waals surface area (Å²) < 4.78 is 7.24. The van der Waals surface area contributed by atoms with Crippen molar-refractivity contribution >= 4 is 11.7 Å². The molecule has 2 aliphatic rings. The van der Waals surface area contributed by atoms with E-state index in [1.165, 1.54) is 11.1 Å². The van der Waals surface area contributed by atoms with E-state index >= 15 is 0 Å². The number of rotatable bonds is 7. The van der Waals surface area contributed by atoms with Crippen LogP contribution in [0.1, 0.15) is 30.0 Å². The van der Waals surface area contributed by atoms with Crippen molar-refractivity contribution in [3.63, 3.8) is 0 Å². The van der Waals surface area contributed by atoms with E-state index in [9.17, 15) is 9.90 Å². The van der Waals surface area contributed by atoms with Crippen molar-refractivity contribution < 1.29 is 14.6 Å². The molecular formula is C22H31N5O3. The summed E-state index contributed by atoms with van der Waals surface area (Å²) in [6.07, 6.45) is 6.53. The maximum absolute atomic E-state index is 13.1. The van der Waals surface area contributed by atoms with Gasteiger partial charge in [0.1, 0.15) is 0 Å². The van der Waals surface area contributed by atoms with Crippen molar-refractivity contribution in [1.82, 2.24) is 19.6 Å². The number of carbonyl (C=O) groups excluding carboxylic acids is 1. The van der Waals surface area contributed by atoms with Gasteiger partial charge in [-0.05, 0) is 30.4 Å². The summed E-state index contributed by atoms with van der Waals surface area (Å²) in [5, 5.41) is 16.9. The zero-order valence-corrected chi connectivity index (χ0v) is 17.4. The maximum Gasteiger partial charge on any atom is 0.322 e. The van der Waals surface area contributed by atoms with Gasteiger partial charge in [-0.25, -0.2) is 4.79 Å². The minimum absolute atomic E-state index is 0.0153. The Labute approximate surface area is 177 Å². The molecular weight excluding hydrogens is 382 g/mol. The van der Waals surface area contributed by atoms with Gasteiger partial charge < -0.3 is 20.1 Å². The molecule has 2 aromatic rings. The van der Waals surface area contributed by atoms with Gasteiger partial charge in [-0.15, -0.1) is 0 Å². The molecule has 162 valence electrons. The Balaban J connectivity index is 1.38. The number of nitrogens with zero attached hydrogens (tertiary/aromatic N) is 4. The molecule has 8 nitrogen and oxygen atoms in total. The predicted octanol–water partition coefficient (Wildman–Crippen LogP) is 2.12. The lowest BCUT2D eigenvalue weighted by Crippen LogP contribution is -2.41. The second kappa shape index (κ2) is 10.1. The first-order valence-corrected chi connectivity index (χ1v) is 10.8. The number of ether oxygens (including phenoxy) is 1. The molecule has 1 aromatic carbocycles. The summed E-state index contributed by atoms with van der Waals surface area (Å²) in [6, 6.07) is 8.08. The van der Waals surface area contributed by atoms with E-state index in [-0.39, 0.29) is 18.7 Å². The van der Waals surface area contributed by atoms with Gasteiger partial charge in [0.05, 0.1) is 44.3 Å². The lowest BCUT2D eigenvalue weighted by Gasteiger charge is -2.35. The van der Waals surface area contributed by atoms with Crippen LogP contribution in [0.2, 0.25) is 0 Å². The molecule has 2 N–H and O–H groups in total. The van der Waals surface area contributed by atoms with Crippen LogP contribution in [0, 0.1) is 0 Å². The number of hydrogen-bond acceptors (Lipinski definition) is 5. The number of hydrogen-bond donors (Lipinski definition) is 2. The maximum atomic E-state index is 13.1. The molecule has 0 bridgehead atoms. The van der Waals surface area contributed by atoms with E-state index < -0.39 is 0 Å². The van der Waals surface area contributed by atoms with E-state index in [1.807, 2.05) is 23.0 Å². The van der Waals surface area contributed by atoms with Crippen molar-refractivity contribution in [3.8, 4) is 0 Å². The highest BCUT2D eigenvalue weighted by molar-refractivity contribution is 5.89. The summed E-state index contributed by atoms with van der Waals surface area (Å²) in [7, 11) is 0. The minimum atomic E-state index is -0.196. The SMILES string of the molecule is O=C(Nc1cnn(CCN2CCOCC2)c1)N(CCO)C1CCCc2ccccc21. The lowest BCUT2D eigenvalue weighted by molar-refractivity contribution is 0.0360. The first-order chi connectivity index (χ1) is 14.7. The van der Waals surface area contributed by atoms with Crippen LogP contribution in [0.15, 0.2) is 36.7 Å². The number of fused-ring (bicyclic) bond motifs is 1. The van der Waals surface area contributed by atoms with Crippen molar-refractivity contribution in [2.24, 2.45) is 0 Å². The van der Waals surface area contributed by atoms with Crippen molar-refractivity contribution in [2.45, 2.75) is 31.8 Å². The summed E-state index contributed by atoms with van der Waals surface area (Å²) >= 11 is 0. The molecule has 1 aromatic heterocycles. The topological polar surface area (TPSA) is 82.9 Å². The molecule has 1 atom stereocenters. The van der Waals surface area contributed by atoms with Gasteiger partial charge in [0, 0.05) is 32.4 Å². The van der Waals surface area contributed by atoms with Crippen LogP contribution < -0.4 is 5.32 Å². The Hall–Kier alpha value is -2.42. The highest BCUT2D eigenvalue weighted by Gasteiger charge is 2.29. The number of benzene rings is 1. The number of aromatic nitrogens is 2. The zero-order chi connectivity index (χ0) is 20.8. The smallest absolute Gasteiger partial charge is 0.322 e. The zero-order valence-electron chi connectivity index (χ0n) is 17.4. The molecule has 1 aliphatic carbocycles. The van der Waals surface area contributed by atoms with Gasteiger partial charge in [0.25, 0.3) is 0 Å². The second-order valence-corrected chi connectivity index (χ2v) is 7.90. The van der Waals surface area contributed by atoms with Gasteiger partial charge in [0.15, 0.2) is 0 Å². The second-order valence-electron chi connectivity index (χ2n) is 7.90. The summed E-state index contributed by atoms with van der Waals surface area (Å²) in [5.74, 6) is 0. The first-order valence-electron chi connectivity index (χ1n) is 10.8. The molecule has 2 heterocycles. The standard InChI is InChI=1S/C22H31N5O3/c28-13-10-27(21-7-3-5-18-4-1-2-6-20(18)21)22(29)24-19-16-23-26(17-19)9-8-25-11-14-30-15-12-25/h1-2,4,6,16-17,21,28H,3,5,7-15H2,(H,24,29). The molecule has 8 heteroatoms. The number of amides is 2. The summed E-state index contributed by atoms with van der Waals surface area (Å²) in [6.45, 7) is 5.38. The molecule has 0 saturated carbocycles. The average Bonchev–Trinajstić information content (AvgIpc) is 3.23. The quantitative estimate of drug-likeness (QED) is 0.727. The molecule has 0 radical (unpaired) electrons. The summed E-state index contributed by atoms with van der Waals surface area (Å²) in [5.41, 5.74) is 3.16. The fraction of sp³-hybridized carbons (Fsp3) is 0.545. The monoisotopic (exact) mass is 413 g/mol. The molecule has 1 saturated heterocycles. The van der Waals surface area contributed by atoms with Gasteiger partial charge in [0.2, 0.25) is 0 Å². The third kappa shape index (κ3) is 5.00. The fourth-order valence-electron chi connectivity index (χ4n) is 4.37. The van der Waals surface area contributed by atoms with E-state index in [0.29, 0.717) is 12.2 Å². The number of aliphatic hydroxyl groups is 1. The Bertz CT molecular complexity index is 834. The molecule has 30 heavy (non-hydrogen) atoms. The predicted molar refractivity (Wildman–Crippen MR) is 114 cm³/mol. The van der Waals surface area contributed by atoms with Crippen LogP contribution in [0.25, 0.3) is 0 Å². The van der Waals surface area contributed by atoms with E-state index in [0.717, 1.165) is 58.7 Å². The Morgan fingerprint density at radius 2 is 2.10 bits per heavy atom. The molecule has 0 spiro atoms. The van der Waals surface area contributed by atoms with E-state index in [1.54, 1.807) is 11.1 Å². The lowest BCUT2D eigenvalue weighted by atomic mass is 9.87. The Morgan fingerprint density at radius 1 is 1.27 bits per heavy atom. The van der Waals surface area contributed by atoms with Gasteiger partial charge >= 0.3 is 6.03 Å². The third-order valence-corrected chi connectivity index (χ3v) is 5.95. The fourth-order valence-corrected chi connectivity index (χ4v) is 4.37. The first kappa shape index (κ1) is 20.8. The van der Waals surface area contributed by atoms with Crippen LogP contribution in [0.3, 0.4) is 0 Å². The minimum Gasteiger partial charge on any atom is -0.395 e.